The zero-order valence-corrected chi connectivity index (χ0v) is 9.61. The number of imidazole rings is 1. The number of nitro groups is 1. The topological polar surface area (TPSA) is 97.9 Å². The lowest BCUT2D eigenvalue weighted by Crippen LogP contribution is -1.83. The van der Waals surface area contributed by atoms with Crippen molar-refractivity contribution in [1.29, 1.82) is 0 Å². The van der Waals surface area contributed by atoms with Gasteiger partial charge in [-0.05, 0) is 18.2 Å². The van der Waals surface area contributed by atoms with Gasteiger partial charge in [0.05, 0.1) is 12.3 Å². The van der Waals surface area contributed by atoms with Crippen LogP contribution in [0.4, 0.5) is 5.88 Å². The van der Waals surface area contributed by atoms with Crippen molar-refractivity contribution >= 4 is 5.88 Å². The van der Waals surface area contributed by atoms with E-state index in [1.807, 2.05) is 6.07 Å². The number of hydrogen-bond acceptors (Lipinski definition) is 5. The number of H-pyrrole nitrogens is 1. The summed E-state index contributed by atoms with van der Waals surface area (Å²) in [6.45, 7) is 0. The zero-order chi connectivity index (χ0) is 13.2. The molecule has 3 heterocycles. The van der Waals surface area contributed by atoms with Gasteiger partial charge in [-0.1, -0.05) is 0 Å². The summed E-state index contributed by atoms with van der Waals surface area (Å²) >= 11 is 0. The van der Waals surface area contributed by atoms with E-state index in [9.17, 15) is 10.1 Å². The smallest absolute Gasteiger partial charge is 0.399 e. The lowest BCUT2D eigenvalue weighted by atomic mass is 10.3. The Hall–Kier alpha value is -2.96. The van der Waals surface area contributed by atoms with Gasteiger partial charge in [-0.3, -0.25) is 15.1 Å². The highest BCUT2D eigenvalue weighted by atomic mass is 16.6. The van der Waals surface area contributed by atoms with Crippen molar-refractivity contribution in [3.05, 3.63) is 53.0 Å². The first kappa shape index (κ1) is 11.1. The van der Waals surface area contributed by atoms with Crippen molar-refractivity contribution in [3.63, 3.8) is 0 Å². The van der Waals surface area contributed by atoms with Crippen LogP contribution in [-0.2, 0) is 0 Å². The van der Waals surface area contributed by atoms with Crippen LogP contribution in [0.3, 0.4) is 0 Å². The fourth-order valence-electron chi connectivity index (χ4n) is 1.67. The maximum atomic E-state index is 10.5. The van der Waals surface area contributed by atoms with Gasteiger partial charge in [0.15, 0.2) is 5.76 Å². The molecule has 7 heteroatoms. The van der Waals surface area contributed by atoms with Gasteiger partial charge in [-0.2, -0.15) is 0 Å². The second kappa shape index (κ2) is 4.37. The van der Waals surface area contributed by atoms with E-state index in [2.05, 4.69) is 15.0 Å². The highest BCUT2D eigenvalue weighted by molar-refractivity contribution is 5.60. The summed E-state index contributed by atoms with van der Waals surface area (Å²) in [6, 6.07) is 6.49. The van der Waals surface area contributed by atoms with E-state index in [1.165, 1.54) is 12.1 Å². The van der Waals surface area contributed by atoms with Gasteiger partial charge in [0.25, 0.3) is 0 Å². The molecule has 19 heavy (non-hydrogen) atoms. The average Bonchev–Trinajstić information content (AvgIpc) is 3.09. The first-order valence-electron chi connectivity index (χ1n) is 5.44. The lowest BCUT2D eigenvalue weighted by molar-refractivity contribution is -0.401. The van der Waals surface area contributed by atoms with Gasteiger partial charge in [0.1, 0.15) is 16.4 Å². The highest BCUT2D eigenvalue weighted by Crippen LogP contribution is 2.26. The van der Waals surface area contributed by atoms with Crippen molar-refractivity contribution in [2.24, 2.45) is 0 Å². The minimum atomic E-state index is -0.581. The second-order valence-electron chi connectivity index (χ2n) is 3.78. The summed E-state index contributed by atoms with van der Waals surface area (Å²) in [5.41, 5.74) is 1.40. The minimum absolute atomic E-state index is 0.299. The third-order valence-electron chi connectivity index (χ3n) is 2.55. The summed E-state index contributed by atoms with van der Waals surface area (Å²) in [5, 5.41) is 10.5. The lowest BCUT2D eigenvalue weighted by Gasteiger charge is -1.94. The van der Waals surface area contributed by atoms with Crippen LogP contribution in [0.5, 0.6) is 0 Å². The Labute approximate surface area is 107 Å². The summed E-state index contributed by atoms with van der Waals surface area (Å²) < 4.78 is 5.09. The van der Waals surface area contributed by atoms with Crippen LogP contribution in [-0.4, -0.2) is 19.9 Å². The predicted octanol–water partition coefficient (Wildman–Crippen LogP) is 2.64. The molecule has 1 N–H and O–H groups in total. The number of furan rings is 1. The predicted molar refractivity (Wildman–Crippen MR) is 66.2 cm³/mol. The minimum Gasteiger partial charge on any atom is -0.399 e. The number of nitrogens with one attached hydrogen (secondary N) is 1. The van der Waals surface area contributed by atoms with E-state index in [0.29, 0.717) is 17.3 Å². The van der Waals surface area contributed by atoms with Gasteiger partial charge >= 0.3 is 5.88 Å². The van der Waals surface area contributed by atoms with Gasteiger partial charge in [0.2, 0.25) is 0 Å². The second-order valence-corrected chi connectivity index (χ2v) is 3.78. The number of nitrogens with zero attached hydrogens (tertiary/aromatic N) is 3. The van der Waals surface area contributed by atoms with Crippen LogP contribution < -0.4 is 0 Å². The Morgan fingerprint density at radius 3 is 2.84 bits per heavy atom. The average molecular weight is 256 g/mol. The normalized spacial score (nSPS) is 10.5. The van der Waals surface area contributed by atoms with Crippen molar-refractivity contribution < 1.29 is 9.34 Å². The monoisotopic (exact) mass is 256 g/mol. The molecule has 0 saturated heterocycles. The Kier molecular flexibility index (Phi) is 2.57. The van der Waals surface area contributed by atoms with E-state index in [-0.39, 0.29) is 5.88 Å². The van der Waals surface area contributed by atoms with E-state index in [0.717, 1.165) is 5.56 Å². The maximum absolute atomic E-state index is 10.5. The third-order valence-corrected chi connectivity index (χ3v) is 2.55. The number of aromatic amines is 1. The fourth-order valence-corrected chi connectivity index (χ4v) is 1.67. The first-order valence-corrected chi connectivity index (χ1v) is 5.44. The van der Waals surface area contributed by atoms with Crippen LogP contribution >= 0.6 is 0 Å². The molecule has 0 bridgehead atoms. The molecular formula is C12H8N4O3. The fraction of sp³-hybridized carbons (Fsp3) is 0. The molecule has 0 fully saturated rings. The van der Waals surface area contributed by atoms with Gasteiger partial charge < -0.3 is 9.40 Å². The number of pyridine rings is 1. The van der Waals surface area contributed by atoms with E-state index < -0.39 is 4.92 Å². The third kappa shape index (κ3) is 2.08. The van der Waals surface area contributed by atoms with Gasteiger partial charge in [-0.15, -0.1) is 0 Å². The molecule has 0 aromatic carbocycles. The van der Waals surface area contributed by atoms with Crippen LogP contribution in [0.1, 0.15) is 0 Å². The molecule has 3 rings (SSSR count). The molecule has 0 aliphatic heterocycles. The molecule has 94 valence electrons. The molecule has 7 nitrogen and oxygen atoms in total. The molecule has 0 radical (unpaired) electrons. The molecule has 0 unspecified atom stereocenters. The van der Waals surface area contributed by atoms with E-state index >= 15 is 0 Å². The molecule has 0 spiro atoms. The van der Waals surface area contributed by atoms with Crippen molar-refractivity contribution in [2.75, 3.05) is 0 Å². The van der Waals surface area contributed by atoms with Gasteiger partial charge in [0, 0.05) is 18.0 Å². The van der Waals surface area contributed by atoms with Crippen LogP contribution in [0, 0.1) is 10.1 Å². The number of rotatable bonds is 3. The Morgan fingerprint density at radius 1 is 1.26 bits per heavy atom. The summed E-state index contributed by atoms with van der Waals surface area (Å²) in [6.07, 6.45) is 4.90. The Bertz CT molecular complexity index is 717. The molecule has 3 aromatic rings. The quantitative estimate of drug-likeness (QED) is 0.573. The van der Waals surface area contributed by atoms with Crippen molar-refractivity contribution in [3.8, 4) is 22.8 Å². The maximum Gasteiger partial charge on any atom is 0.433 e. The largest absolute Gasteiger partial charge is 0.433 e. The molecule has 0 amide bonds. The number of aromatic nitrogens is 3. The van der Waals surface area contributed by atoms with E-state index in [1.54, 1.807) is 24.7 Å². The van der Waals surface area contributed by atoms with Gasteiger partial charge in [-0.25, -0.2) is 4.98 Å². The SMILES string of the molecule is O=[N+]([O-])c1ccc(-c2cnc(-c3cccnc3)[nH]2)o1. The van der Waals surface area contributed by atoms with Crippen LogP contribution in [0.25, 0.3) is 22.8 Å². The van der Waals surface area contributed by atoms with Crippen molar-refractivity contribution in [1.82, 2.24) is 15.0 Å². The Morgan fingerprint density at radius 2 is 2.16 bits per heavy atom. The summed E-state index contributed by atoms with van der Waals surface area (Å²) in [5.74, 6) is 0.698. The summed E-state index contributed by atoms with van der Waals surface area (Å²) in [7, 11) is 0. The van der Waals surface area contributed by atoms with Crippen LogP contribution in [0.15, 0.2) is 47.3 Å². The van der Waals surface area contributed by atoms with Crippen LogP contribution in [0.2, 0.25) is 0 Å². The Balaban J connectivity index is 1.94. The molecule has 0 aliphatic carbocycles. The van der Waals surface area contributed by atoms with E-state index in [4.69, 9.17) is 4.42 Å². The molecule has 3 aromatic heterocycles. The molecule has 0 aliphatic rings. The summed E-state index contributed by atoms with van der Waals surface area (Å²) in [4.78, 5) is 21.2. The number of hydrogen-bond donors (Lipinski definition) is 1. The molecule has 0 saturated carbocycles. The molecular weight excluding hydrogens is 248 g/mol. The zero-order valence-electron chi connectivity index (χ0n) is 9.61. The molecule has 0 atom stereocenters. The van der Waals surface area contributed by atoms with Crippen molar-refractivity contribution in [2.45, 2.75) is 0 Å². The first-order chi connectivity index (χ1) is 9.24. The standard InChI is InChI=1S/C12H8N4O3/c17-16(18)11-4-3-10(19-11)9-7-14-12(15-9)8-2-1-5-13-6-8/h1-7H,(H,14,15). The highest BCUT2D eigenvalue weighted by Gasteiger charge is 2.15.